The van der Waals surface area contributed by atoms with Gasteiger partial charge in [0.1, 0.15) is 0 Å². The third-order valence-electron chi connectivity index (χ3n) is 3.76. The van der Waals surface area contributed by atoms with Crippen LogP contribution in [0.5, 0.6) is 0 Å². The van der Waals surface area contributed by atoms with Gasteiger partial charge >= 0.3 is 0 Å². The number of carbonyl (C=O) groups excluding carboxylic acids is 1. The average molecular weight is 272 g/mol. The molecule has 0 aromatic carbocycles. The second-order valence-electron chi connectivity index (χ2n) is 5.16. The number of nitrogens with two attached hydrogens (primary N) is 1. The second kappa shape index (κ2) is 8.81. The Kier molecular flexibility index (Phi) is 7.75. The molecule has 1 atom stereocenters. The molecular formula is C14H28N2OS. The Labute approximate surface area is 116 Å². The summed E-state index contributed by atoms with van der Waals surface area (Å²) in [5.74, 6) is 1.79. The first-order valence-electron chi connectivity index (χ1n) is 7.31. The largest absolute Gasteiger partial charge is 0.339 e. The summed E-state index contributed by atoms with van der Waals surface area (Å²) in [5, 5.41) is 0. The summed E-state index contributed by atoms with van der Waals surface area (Å²) in [6.45, 7) is 5.03. The van der Waals surface area contributed by atoms with Crippen molar-refractivity contribution in [1.29, 1.82) is 0 Å². The predicted molar refractivity (Wildman–Crippen MR) is 79.9 cm³/mol. The van der Waals surface area contributed by atoms with E-state index in [1.807, 2.05) is 0 Å². The number of nitrogens with zero attached hydrogens (tertiary/aromatic N) is 1. The van der Waals surface area contributed by atoms with Crippen molar-refractivity contribution >= 4 is 17.7 Å². The summed E-state index contributed by atoms with van der Waals surface area (Å²) in [4.78, 5) is 14.3. The van der Waals surface area contributed by atoms with Gasteiger partial charge in [-0.1, -0.05) is 26.2 Å². The summed E-state index contributed by atoms with van der Waals surface area (Å²) < 4.78 is 0. The molecule has 0 aliphatic heterocycles. The first kappa shape index (κ1) is 15.8. The summed E-state index contributed by atoms with van der Waals surface area (Å²) in [7, 11) is 0. The van der Waals surface area contributed by atoms with E-state index in [-0.39, 0.29) is 6.04 Å². The molecular weight excluding hydrogens is 244 g/mol. The summed E-state index contributed by atoms with van der Waals surface area (Å²) in [5.41, 5.74) is 5.86. The maximum atomic E-state index is 12.2. The molecule has 0 saturated heterocycles. The van der Waals surface area contributed by atoms with Gasteiger partial charge in [-0.05, 0) is 26.2 Å². The van der Waals surface area contributed by atoms with E-state index in [9.17, 15) is 4.79 Å². The summed E-state index contributed by atoms with van der Waals surface area (Å²) in [6.07, 6.45) is 7.27. The molecule has 0 bridgehead atoms. The highest BCUT2D eigenvalue weighted by atomic mass is 32.2. The van der Waals surface area contributed by atoms with E-state index < -0.39 is 0 Å². The fourth-order valence-corrected chi connectivity index (χ4v) is 3.53. The lowest BCUT2D eigenvalue weighted by Crippen LogP contribution is -2.42. The van der Waals surface area contributed by atoms with Crippen molar-refractivity contribution < 1.29 is 4.79 Å². The van der Waals surface area contributed by atoms with Crippen LogP contribution >= 0.6 is 11.8 Å². The molecule has 1 saturated carbocycles. The van der Waals surface area contributed by atoms with Gasteiger partial charge in [0.05, 0.1) is 5.75 Å². The number of thioether (sulfide) groups is 1. The molecule has 0 aromatic rings. The van der Waals surface area contributed by atoms with Crippen LogP contribution in [-0.2, 0) is 4.79 Å². The van der Waals surface area contributed by atoms with Crippen molar-refractivity contribution in [3.63, 3.8) is 0 Å². The highest BCUT2D eigenvalue weighted by Crippen LogP contribution is 2.23. The molecule has 4 heteroatoms. The predicted octanol–water partition coefficient (Wildman–Crippen LogP) is 2.64. The normalized spacial score (nSPS) is 18.6. The molecule has 3 nitrogen and oxygen atoms in total. The van der Waals surface area contributed by atoms with E-state index in [0.717, 1.165) is 18.7 Å². The maximum absolute atomic E-state index is 12.2. The van der Waals surface area contributed by atoms with Crippen molar-refractivity contribution in [3.05, 3.63) is 0 Å². The van der Waals surface area contributed by atoms with Crippen LogP contribution in [0.4, 0.5) is 0 Å². The van der Waals surface area contributed by atoms with Gasteiger partial charge in [0.15, 0.2) is 0 Å². The molecule has 2 N–H and O–H groups in total. The molecule has 18 heavy (non-hydrogen) atoms. The summed E-state index contributed by atoms with van der Waals surface area (Å²) in [6, 6.07) is 0.726. The zero-order chi connectivity index (χ0) is 13.4. The third kappa shape index (κ3) is 5.19. The van der Waals surface area contributed by atoms with E-state index in [0.29, 0.717) is 17.7 Å². The molecule has 0 aromatic heterocycles. The molecule has 1 aliphatic rings. The molecule has 1 aliphatic carbocycles. The molecule has 106 valence electrons. The Morgan fingerprint density at radius 1 is 1.33 bits per heavy atom. The Morgan fingerprint density at radius 2 is 2.00 bits per heavy atom. The van der Waals surface area contributed by atoms with Crippen LogP contribution < -0.4 is 5.73 Å². The van der Waals surface area contributed by atoms with Crippen LogP contribution in [0.3, 0.4) is 0 Å². The average Bonchev–Trinajstić information content (AvgIpc) is 2.40. The van der Waals surface area contributed by atoms with Crippen molar-refractivity contribution in [1.82, 2.24) is 4.90 Å². The quantitative estimate of drug-likeness (QED) is 0.775. The molecule has 1 rings (SSSR count). The van der Waals surface area contributed by atoms with Crippen LogP contribution in [-0.4, -0.2) is 40.9 Å². The zero-order valence-corrected chi connectivity index (χ0v) is 12.7. The maximum Gasteiger partial charge on any atom is 0.232 e. The van der Waals surface area contributed by atoms with Crippen molar-refractivity contribution in [2.45, 2.75) is 64.5 Å². The Morgan fingerprint density at radius 3 is 2.56 bits per heavy atom. The molecule has 1 fully saturated rings. The van der Waals surface area contributed by atoms with Gasteiger partial charge in [0.25, 0.3) is 0 Å². The fourth-order valence-electron chi connectivity index (χ4n) is 2.53. The Balaban J connectivity index is 2.32. The smallest absolute Gasteiger partial charge is 0.232 e. The van der Waals surface area contributed by atoms with Gasteiger partial charge < -0.3 is 10.6 Å². The van der Waals surface area contributed by atoms with Gasteiger partial charge in [-0.15, -0.1) is 0 Å². The van der Waals surface area contributed by atoms with Crippen LogP contribution in [0.2, 0.25) is 0 Å². The standard InChI is InChI=1S/C14H28N2OS/c1-3-12(15)10-18-11-14(17)16(4-2)13-8-6-5-7-9-13/h12-13H,3-11,15H2,1-2H3. The van der Waals surface area contributed by atoms with E-state index >= 15 is 0 Å². The van der Waals surface area contributed by atoms with Gasteiger partial charge in [-0.25, -0.2) is 0 Å². The topological polar surface area (TPSA) is 46.3 Å². The monoisotopic (exact) mass is 272 g/mol. The lowest BCUT2D eigenvalue weighted by Gasteiger charge is -2.33. The van der Waals surface area contributed by atoms with E-state index in [4.69, 9.17) is 5.73 Å². The van der Waals surface area contributed by atoms with Gasteiger partial charge in [0.2, 0.25) is 5.91 Å². The highest BCUT2D eigenvalue weighted by Gasteiger charge is 2.23. The number of hydrogen-bond donors (Lipinski definition) is 1. The lowest BCUT2D eigenvalue weighted by molar-refractivity contribution is -0.131. The first-order chi connectivity index (χ1) is 8.69. The van der Waals surface area contributed by atoms with E-state index in [1.165, 1.54) is 32.1 Å². The van der Waals surface area contributed by atoms with Crippen LogP contribution in [0.1, 0.15) is 52.4 Å². The minimum Gasteiger partial charge on any atom is -0.339 e. The number of carbonyl (C=O) groups is 1. The number of hydrogen-bond acceptors (Lipinski definition) is 3. The minimum absolute atomic E-state index is 0.229. The minimum atomic E-state index is 0.229. The fraction of sp³-hybridized carbons (Fsp3) is 0.929. The number of rotatable bonds is 7. The summed E-state index contributed by atoms with van der Waals surface area (Å²) >= 11 is 1.69. The second-order valence-corrected chi connectivity index (χ2v) is 6.19. The van der Waals surface area contributed by atoms with Crippen molar-refractivity contribution in [2.75, 3.05) is 18.1 Å². The lowest BCUT2D eigenvalue weighted by atomic mass is 9.94. The van der Waals surface area contributed by atoms with Gasteiger partial charge in [-0.2, -0.15) is 11.8 Å². The van der Waals surface area contributed by atoms with Crippen molar-refractivity contribution in [2.24, 2.45) is 5.73 Å². The Hall–Kier alpha value is -0.220. The Bertz CT molecular complexity index is 242. The van der Waals surface area contributed by atoms with Crippen LogP contribution in [0.15, 0.2) is 0 Å². The molecule has 1 amide bonds. The molecule has 0 radical (unpaired) electrons. The number of amides is 1. The van der Waals surface area contributed by atoms with Crippen molar-refractivity contribution in [3.8, 4) is 0 Å². The van der Waals surface area contributed by atoms with Gasteiger partial charge in [-0.3, -0.25) is 4.79 Å². The van der Waals surface area contributed by atoms with Gasteiger partial charge in [0, 0.05) is 24.4 Å². The van der Waals surface area contributed by atoms with E-state index in [2.05, 4.69) is 18.7 Å². The molecule has 0 heterocycles. The third-order valence-corrected chi connectivity index (χ3v) is 4.87. The highest BCUT2D eigenvalue weighted by molar-refractivity contribution is 7.99. The zero-order valence-electron chi connectivity index (χ0n) is 11.9. The SMILES string of the molecule is CCC(N)CSCC(=O)N(CC)C1CCCCC1. The van der Waals surface area contributed by atoms with E-state index in [1.54, 1.807) is 11.8 Å². The molecule has 0 spiro atoms. The first-order valence-corrected chi connectivity index (χ1v) is 8.47. The van der Waals surface area contributed by atoms with Crippen LogP contribution in [0, 0.1) is 0 Å². The van der Waals surface area contributed by atoms with Crippen LogP contribution in [0.25, 0.3) is 0 Å². The molecule has 1 unspecified atom stereocenters.